The van der Waals surface area contributed by atoms with Crippen molar-refractivity contribution in [3.05, 3.63) is 0 Å². The van der Waals surface area contributed by atoms with Crippen LogP contribution in [0.4, 0.5) is 4.79 Å². The summed E-state index contributed by atoms with van der Waals surface area (Å²) in [5, 5.41) is 12.0. The van der Waals surface area contributed by atoms with Gasteiger partial charge in [0.25, 0.3) is 0 Å². The van der Waals surface area contributed by atoms with Crippen LogP contribution in [0.1, 0.15) is 58.3 Å². The number of amides is 2. The lowest BCUT2D eigenvalue weighted by atomic mass is 9.84. The van der Waals surface area contributed by atoms with Gasteiger partial charge in [0.15, 0.2) is 0 Å². The minimum atomic E-state index is -0.821. The molecule has 0 bridgehead atoms. The summed E-state index contributed by atoms with van der Waals surface area (Å²) in [5.74, 6) is -0.00662. The van der Waals surface area contributed by atoms with Gasteiger partial charge in [-0.1, -0.05) is 13.3 Å². The van der Waals surface area contributed by atoms with E-state index < -0.39 is 5.97 Å². The van der Waals surface area contributed by atoms with Crippen LogP contribution in [0.25, 0.3) is 0 Å². The maximum atomic E-state index is 12.3. The second-order valence-corrected chi connectivity index (χ2v) is 6.16. The Labute approximate surface area is 120 Å². The standard InChI is InChI=1S/C15H26N2O3/c1-2-11-5-7-12(8-6-11)16-15(20)17-9-3-4-13(17)10-14(18)19/h11-13H,2-10H2,1H3,(H,16,20)(H,18,19). The molecule has 1 heterocycles. The molecule has 2 amide bonds. The van der Waals surface area contributed by atoms with Gasteiger partial charge in [0, 0.05) is 18.6 Å². The van der Waals surface area contributed by atoms with Gasteiger partial charge < -0.3 is 15.3 Å². The van der Waals surface area contributed by atoms with Crippen molar-refractivity contribution in [2.24, 2.45) is 5.92 Å². The Balaban J connectivity index is 1.80. The number of hydrogen-bond donors (Lipinski definition) is 2. The minimum absolute atomic E-state index is 0.0614. The van der Waals surface area contributed by atoms with Crippen molar-refractivity contribution >= 4 is 12.0 Å². The smallest absolute Gasteiger partial charge is 0.317 e. The zero-order valence-corrected chi connectivity index (χ0v) is 12.3. The maximum absolute atomic E-state index is 12.3. The Morgan fingerprint density at radius 1 is 1.20 bits per heavy atom. The largest absolute Gasteiger partial charge is 0.481 e. The fraction of sp³-hybridized carbons (Fsp3) is 0.867. The number of carbonyl (C=O) groups excluding carboxylic acids is 1. The van der Waals surface area contributed by atoms with Crippen LogP contribution < -0.4 is 5.32 Å². The molecule has 5 heteroatoms. The zero-order chi connectivity index (χ0) is 14.5. The summed E-state index contributed by atoms with van der Waals surface area (Å²) in [6, 6.07) is 0.0876. The van der Waals surface area contributed by atoms with Crippen LogP contribution in [0.3, 0.4) is 0 Å². The average molecular weight is 282 g/mol. The molecule has 0 aromatic rings. The van der Waals surface area contributed by atoms with Crippen molar-refractivity contribution < 1.29 is 14.7 Å². The van der Waals surface area contributed by atoms with E-state index >= 15 is 0 Å². The van der Waals surface area contributed by atoms with Gasteiger partial charge in [-0.15, -0.1) is 0 Å². The Bertz CT molecular complexity index is 351. The summed E-state index contributed by atoms with van der Waals surface area (Å²) >= 11 is 0. The maximum Gasteiger partial charge on any atom is 0.317 e. The van der Waals surface area contributed by atoms with Gasteiger partial charge in [0.2, 0.25) is 0 Å². The molecular weight excluding hydrogens is 256 g/mol. The molecule has 0 aromatic heterocycles. The SMILES string of the molecule is CCC1CCC(NC(=O)N2CCCC2CC(=O)O)CC1. The van der Waals surface area contributed by atoms with Crippen molar-refractivity contribution in [3.8, 4) is 0 Å². The summed E-state index contributed by atoms with van der Waals surface area (Å²) in [6.07, 6.45) is 7.52. The molecule has 2 rings (SSSR count). The Kier molecular flexibility index (Phi) is 5.26. The quantitative estimate of drug-likeness (QED) is 0.832. The first-order valence-electron chi connectivity index (χ1n) is 7.89. The van der Waals surface area contributed by atoms with Gasteiger partial charge in [0.05, 0.1) is 6.42 Å². The number of hydrogen-bond acceptors (Lipinski definition) is 2. The Hall–Kier alpha value is -1.26. The van der Waals surface area contributed by atoms with E-state index in [0.717, 1.165) is 31.6 Å². The lowest BCUT2D eigenvalue weighted by Gasteiger charge is -2.31. The van der Waals surface area contributed by atoms with Crippen LogP contribution in [0, 0.1) is 5.92 Å². The summed E-state index contributed by atoms with van der Waals surface area (Å²) in [6.45, 7) is 2.92. The molecule has 1 unspecified atom stereocenters. The first-order chi connectivity index (χ1) is 9.60. The van der Waals surface area contributed by atoms with E-state index in [-0.39, 0.29) is 24.5 Å². The number of urea groups is 1. The molecule has 0 spiro atoms. The van der Waals surface area contributed by atoms with E-state index in [1.165, 1.54) is 19.3 Å². The van der Waals surface area contributed by atoms with E-state index in [0.29, 0.717) is 6.54 Å². The number of carboxylic acids is 1. The number of nitrogens with zero attached hydrogens (tertiary/aromatic N) is 1. The molecule has 2 fully saturated rings. The highest BCUT2D eigenvalue weighted by molar-refractivity contribution is 5.76. The van der Waals surface area contributed by atoms with Crippen LogP contribution in [0.5, 0.6) is 0 Å². The van der Waals surface area contributed by atoms with Gasteiger partial charge in [-0.2, -0.15) is 0 Å². The molecule has 0 aromatic carbocycles. The van der Waals surface area contributed by atoms with Crippen molar-refractivity contribution in [3.63, 3.8) is 0 Å². The topological polar surface area (TPSA) is 69.6 Å². The van der Waals surface area contributed by atoms with Crippen molar-refractivity contribution in [2.45, 2.75) is 70.4 Å². The monoisotopic (exact) mass is 282 g/mol. The summed E-state index contributed by atoms with van der Waals surface area (Å²) in [5.41, 5.74) is 0. The van der Waals surface area contributed by atoms with Gasteiger partial charge >= 0.3 is 12.0 Å². The van der Waals surface area contributed by atoms with Crippen molar-refractivity contribution in [2.75, 3.05) is 6.54 Å². The summed E-state index contributed by atoms with van der Waals surface area (Å²) in [4.78, 5) is 24.8. The van der Waals surface area contributed by atoms with Crippen LogP contribution in [-0.4, -0.2) is 40.6 Å². The van der Waals surface area contributed by atoms with E-state index in [1.807, 2.05) is 0 Å². The minimum Gasteiger partial charge on any atom is -0.481 e. The third-order valence-corrected chi connectivity index (χ3v) is 4.80. The molecule has 1 aliphatic carbocycles. The predicted octanol–water partition coefficient (Wildman–Crippen LogP) is 2.60. The van der Waals surface area contributed by atoms with Crippen molar-refractivity contribution in [1.82, 2.24) is 10.2 Å². The summed E-state index contributed by atoms with van der Waals surface area (Å²) in [7, 11) is 0. The number of likely N-dealkylation sites (tertiary alicyclic amines) is 1. The summed E-state index contributed by atoms with van der Waals surface area (Å²) < 4.78 is 0. The zero-order valence-electron chi connectivity index (χ0n) is 12.3. The number of carbonyl (C=O) groups is 2. The molecule has 114 valence electrons. The number of rotatable bonds is 4. The van der Waals surface area contributed by atoms with E-state index in [1.54, 1.807) is 4.90 Å². The second-order valence-electron chi connectivity index (χ2n) is 6.16. The van der Waals surface area contributed by atoms with Gasteiger partial charge in [-0.3, -0.25) is 4.79 Å². The molecule has 2 aliphatic rings. The van der Waals surface area contributed by atoms with Gasteiger partial charge in [-0.05, 0) is 44.4 Å². The number of carboxylic acid groups (broad SMARTS) is 1. The second kappa shape index (κ2) is 6.95. The van der Waals surface area contributed by atoms with Crippen molar-refractivity contribution in [1.29, 1.82) is 0 Å². The molecule has 1 saturated heterocycles. The van der Waals surface area contributed by atoms with E-state index in [9.17, 15) is 9.59 Å². The average Bonchev–Trinajstić information content (AvgIpc) is 2.87. The fourth-order valence-electron chi connectivity index (χ4n) is 3.49. The first kappa shape index (κ1) is 15.1. The third kappa shape index (κ3) is 3.87. The highest BCUT2D eigenvalue weighted by Crippen LogP contribution is 2.27. The number of nitrogens with one attached hydrogen (secondary N) is 1. The number of aliphatic carboxylic acids is 1. The van der Waals surface area contributed by atoms with Crippen LogP contribution >= 0.6 is 0 Å². The molecule has 1 saturated carbocycles. The van der Waals surface area contributed by atoms with Crippen LogP contribution in [0.15, 0.2) is 0 Å². The molecule has 5 nitrogen and oxygen atoms in total. The third-order valence-electron chi connectivity index (χ3n) is 4.80. The lowest BCUT2D eigenvalue weighted by Crippen LogP contribution is -2.48. The molecule has 0 radical (unpaired) electrons. The van der Waals surface area contributed by atoms with Gasteiger partial charge in [-0.25, -0.2) is 4.79 Å². The van der Waals surface area contributed by atoms with Gasteiger partial charge in [0.1, 0.15) is 0 Å². The Morgan fingerprint density at radius 2 is 1.90 bits per heavy atom. The molecule has 2 N–H and O–H groups in total. The first-order valence-corrected chi connectivity index (χ1v) is 7.89. The fourth-order valence-corrected chi connectivity index (χ4v) is 3.49. The molecular formula is C15H26N2O3. The van der Waals surface area contributed by atoms with E-state index in [2.05, 4.69) is 12.2 Å². The highest BCUT2D eigenvalue weighted by Gasteiger charge is 2.32. The van der Waals surface area contributed by atoms with Crippen LogP contribution in [-0.2, 0) is 4.79 Å². The highest BCUT2D eigenvalue weighted by atomic mass is 16.4. The molecule has 1 atom stereocenters. The molecule has 1 aliphatic heterocycles. The van der Waals surface area contributed by atoms with Crippen LogP contribution in [0.2, 0.25) is 0 Å². The molecule has 20 heavy (non-hydrogen) atoms. The normalized spacial score (nSPS) is 30.2. The Morgan fingerprint density at radius 3 is 2.50 bits per heavy atom. The lowest BCUT2D eigenvalue weighted by molar-refractivity contribution is -0.137. The van der Waals surface area contributed by atoms with E-state index in [4.69, 9.17) is 5.11 Å². The predicted molar refractivity (Wildman–Crippen MR) is 76.5 cm³/mol.